The standard InChI is InChI=1S/C17H35N3/c1-15(2)8-12-20(13-9-16(3)4)11-7-10-17(5,14-18)19-6/h15-16,19H,7-13H2,1-6H3. The molecule has 0 heterocycles. The van der Waals surface area contributed by atoms with Crippen molar-refractivity contribution in [1.29, 1.82) is 5.26 Å². The zero-order valence-corrected chi connectivity index (χ0v) is 14.5. The van der Waals surface area contributed by atoms with E-state index in [1.807, 2.05) is 14.0 Å². The highest BCUT2D eigenvalue weighted by Crippen LogP contribution is 2.13. The van der Waals surface area contributed by atoms with Crippen LogP contribution in [0.25, 0.3) is 0 Å². The maximum Gasteiger partial charge on any atom is 0.103 e. The van der Waals surface area contributed by atoms with Gasteiger partial charge in [-0.1, -0.05) is 27.7 Å². The van der Waals surface area contributed by atoms with E-state index < -0.39 is 0 Å². The van der Waals surface area contributed by atoms with Crippen LogP contribution in [-0.2, 0) is 0 Å². The van der Waals surface area contributed by atoms with Crippen LogP contribution in [0.15, 0.2) is 0 Å². The highest BCUT2D eigenvalue weighted by Gasteiger charge is 2.20. The summed E-state index contributed by atoms with van der Waals surface area (Å²) >= 11 is 0. The van der Waals surface area contributed by atoms with Gasteiger partial charge in [-0.3, -0.25) is 0 Å². The van der Waals surface area contributed by atoms with E-state index in [1.54, 1.807) is 0 Å². The third-order valence-electron chi connectivity index (χ3n) is 4.00. The third kappa shape index (κ3) is 9.34. The fourth-order valence-corrected chi connectivity index (χ4v) is 2.11. The van der Waals surface area contributed by atoms with Crippen LogP contribution in [0.3, 0.4) is 0 Å². The topological polar surface area (TPSA) is 39.1 Å². The molecule has 0 amide bonds. The van der Waals surface area contributed by atoms with Gasteiger partial charge >= 0.3 is 0 Å². The Labute approximate surface area is 126 Å². The summed E-state index contributed by atoms with van der Waals surface area (Å²) in [5.74, 6) is 1.52. The van der Waals surface area contributed by atoms with Gasteiger partial charge in [-0.05, 0) is 71.1 Å². The van der Waals surface area contributed by atoms with Crippen molar-refractivity contribution < 1.29 is 0 Å². The summed E-state index contributed by atoms with van der Waals surface area (Å²) in [6.07, 6.45) is 4.53. The minimum Gasteiger partial charge on any atom is -0.303 e. The Hall–Kier alpha value is -0.590. The van der Waals surface area contributed by atoms with Crippen molar-refractivity contribution in [2.45, 2.75) is 65.8 Å². The van der Waals surface area contributed by atoms with E-state index in [0.29, 0.717) is 0 Å². The normalized spacial score (nSPS) is 14.8. The van der Waals surface area contributed by atoms with Crippen molar-refractivity contribution in [3.05, 3.63) is 0 Å². The molecule has 1 N–H and O–H groups in total. The van der Waals surface area contributed by atoms with E-state index in [4.69, 9.17) is 0 Å². The van der Waals surface area contributed by atoms with Crippen LogP contribution >= 0.6 is 0 Å². The minimum atomic E-state index is -0.373. The second kappa shape index (κ2) is 10.2. The first kappa shape index (κ1) is 19.4. The van der Waals surface area contributed by atoms with Crippen LogP contribution in [0.2, 0.25) is 0 Å². The maximum atomic E-state index is 9.18. The van der Waals surface area contributed by atoms with Crippen LogP contribution in [0, 0.1) is 23.2 Å². The molecule has 0 aromatic carbocycles. The van der Waals surface area contributed by atoms with E-state index in [1.165, 1.54) is 25.9 Å². The molecule has 3 heteroatoms. The summed E-state index contributed by atoms with van der Waals surface area (Å²) in [6.45, 7) is 14.6. The zero-order valence-electron chi connectivity index (χ0n) is 14.5. The Morgan fingerprint density at radius 2 is 1.55 bits per heavy atom. The summed E-state index contributed by atoms with van der Waals surface area (Å²) < 4.78 is 0. The lowest BCUT2D eigenvalue weighted by Gasteiger charge is -2.26. The first-order chi connectivity index (χ1) is 9.33. The molecule has 1 unspecified atom stereocenters. The predicted octanol–water partition coefficient (Wildman–Crippen LogP) is 3.66. The molecule has 0 spiro atoms. The van der Waals surface area contributed by atoms with E-state index in [2.05, 4.69) is 44.0 Å². The molecule has 3 nitrogen and oxygen atoms in total. The number of hydrogen-bond donors (Lipinski definition) is 1. The van der Waals surface area contributed by atoms with Gasteiger partial charge in [0.25, 0.3) is 0 Å². The molecule has 0 radical (unpaired) electrons. The van der Waals surface area contributed by atoms with Crippen molar-refractivity contribution in [1.82, 2.24) is 10.2 Å². The van der Waals surface area contributed by atoms with E-state index in [0.717, 1.165) is 31.2 Å². The van der Waals surface area contributed by atoms with Gasteiger partial charge in [-0.15, -0.1) is 0 Å². The molecule has 0 fully saturated rings. The Bertz CT molecular complexity index is 268. The van der Waals surface area contributed by atoms with Crippen molar-refractivity contribution in [2.75, 3.05) is 26.7 Å². The number of nitrogens with one attached hydrogen (secondary N) is 1. The first-order valence-corrected chi connectivity index (χ1v) is 8.15. The lowest BCUT2D eigenvalue weighted by molar-refractivity contribution is 0.232. The van der Waals surface area contributed by atoms with E-state index in [-0.39, 0.29) is 5.54 Å². The van der Waals surface area contributed by atoms with E-state index >= 15 is 0 Å². The van der Waals surface area contributed by atoms with E-state index in [9.17, 15) is 5.26 Å². The Morgan fingerprint density at radius 3 is 1.90 bits per heavy atom. The lowest BCUT2D eigenvalue weighted by atomic mass is 9.97. The van der Waals surface area contributed by atoms with Crippen LogP contribution in [0.5, 0.6) is 0 Å². The second-order valence-electron chi connectivity index (χ2n) is 7.00. The van der Waals surface area contributed by atoms with Gasteiger partial charge in [0.1, 0.15) is 5.54 Å². The molecular formula is C17H35N3. The van der Waals surface area contributed by atoms with Crippen molar-refractivity contribution in [3.63, 3.8) is 0 Å². The molecule has 0 aliphatic heterocycles. The minimum absolute atomic E-state index is 0.373. The Morgan fingerprint density at radius 1 is 1.05 bits per heavy atom. The Kier molecular flexibility index (Phi) is 9.88. The summed E-state index contributed by atoms with van der Waals surface area (Å²) in [5.41, 5.74) is -0.373. The van der Waals surface area contributed by atoms with Crippen LogP contribution in [0.1, 0.15) is 60.3 Å². The summed E-state index contributed by atoms with van der Waals surface area (Å²) in [6, 6.07) is 2.37. The summed E-state index contributed by atoms with van der Waals surface area (Å²) in [7, 11) is 1.87. The number of rotatable bonds is 11. The third-order valence-corrected chi connectivity index (χ3v) is 4.00. The second-order valence-corrected chi connectivity index (χ2v) is 7.00. The predicted molar refractivity (Wildman–Crippen MR) is 87.7 cm³/mol. The van der Waals surface area contributed by atoms with Crippen LogP contribution in [0.4, 0.5) is 0 Å². The molecule has 0 aromatic heterocycles. The molecule has 0 saturated carbocycles. The molecule has 118 valence electrons. The summed E-state index contributed by atoms with van der Waals surface area (Å²) in [4.78, 5) is 2.58. The van der Waals surface area contributed by atoms with Crippen molar-refractivity contribution >= 4 is 0 Å². The van der Waals surface area contributed by atoms with Gasteiger partial charge < -0.3 is 10.2 Å². The van der Waals surface area contributed by atoms with Gasteiger partial charge in [0.05, 0.1) is 6.07 Å². The van der Waals surface area contributed by atoms with Crippen LogP contribution < -0.4 is 5.32 Å². The monoisotopic (exact) mass is 281 g/mol. The fourth-order valence-electron chi connectivity index (χ4n) is 2.11. The molecule has 0 aliphatic carbocycles. The molecule has 1 atom stereocenters. The number of hydrogen-bond acceptors (Lipinski definition) is 3. The Balaban J connectivity index is 4.17. The van der Waals surface area contributed by atoms with Gasteiger partial charge in [0.2, 0.25) is 0 Å². The molecule has 0 saturated heterocycles. The highest BCUT2D eigenvalue weighted by molar-refractivity contribution is 5.02. The number of nitriles is 1. The van der Waals surface area contributed by atoms with Gasteiger partial charge in [0, 0.05) is 0 Å². The molecule has 0 aliphatic rings. The average molecular weight is 281 g/mol. The first-order valence-electron chi connectivity index (χ1n) is 8.15. The molecule has 0 rings (SSSR count). The van der Waals surface area contributed by atoms with Gasteiger partial charge in [-0.2, -0.15) is 5.26 Å². The van der Waals surface area contributed by atoms with Gasteiger partial charge in [-0.25, -0.2) is 0 Å². The highest BCUT2D eigenvalue weighted by atomic mass is 15.1. The number of nitrogens with zero attached hydrogens (tertiary/aromatic N) is 2. The summed E-state index contributed by atoms with van der Waals surface area (Å²) in [5, 5.41) is 12.3. The maximum absolute atomic E-state index is 9.18. The molecular weight excluding hydrogens is 246 g/mol. The van der Waals surface area contributed by atoms with Crippen molar-refractivity contribution in [3.8, 4) is 6.07 Å². The quantitative estimate of drug-likeness (QED) is 0.628. The zero-order chi connectivity index (χ0) is 15.6. The smallest absolute Gasteiger partial charge is 0.103 e. The largest absolute Gasteiger partial charge is 0.303 e. The van der Waals surface area contributed by atoms with Gasteiger partial charge in [0.15, 0.2) is 0 Å². The van der Waals surface area contributed by atoms with Crippen LogP contribution in [-0.4, -0.2) is 37.1 Å². The fraction of sp³-hybridized carbons (Fsp3) is 0.941. The molecule has 0 aromatic rings. The van der Waals surface area contributed by atoms with Crippen molar-refractivity contribution in [2.24, 2.45) is 11.8 Å². The average Bonchev–Trinajstić information content (AvgIpc) is 2.40. The molecule has 0 bridgehead atoms. The lowest BCUT2D eigenvalue weighted by Crippen LogP contribution is -2.39. The SMILES string of the molecule is CNC(C)(C#N)CCCN(CCC(C)C)CCC(C)C. The molecule has 20 heavy (non-hydrogen) atoms.